The normalized spacial score (nSPS) is 14.0. The summed E-state index contributed by atoms with van der Waals surface area (Å²) in [5, 5.41) is 38.6. The molecule has 1 rings (SSSR count). The molecule has 10 amide bonds. The van der Waals surface area contributed by atoms with E-state index < -0.39 is 148 Å². The number of carbonyl (C=O) groups is 12. The third kappa shape index (κ3) is 21.0. The van der Waals surface area contributed by atoms with Crippen molar-refractivity contribution >= 4 is 71.0 Å². The predicted molar refractivity (Wildman–Crippen MR) is 194 cm³/mol. The molecule has 1 fully saturated rings. The van der Waals surface area contributed by atoms with Crippen LogP contribution in [0.1, 0.15) is 38.5 Å². The number of hydrogen-bond acceptors (Lipinski definition) is 14. The van der Waals surface area contributed by atoms with Gasteiger partial charge in [0.25, 0.3) is 0 Å². The molecular formula is C32H51N11O15. The zero-order chi connectivity index (χ0) is 43.6. The Balaban J connectivity index is 2.48. The molecule has 1 aliphatic heterocycles. The molecule has 0 saturated carbocycles. The minimum absolute atomic E-state index is 0.108. The number of ether oxygens (including phenoxy) is 1. The molecule has 26 heteroatoms. The van der Waals surface area contributed by atoms with E-state index >= 15 is 0 Å². The summed E-state index contributed by atoms with van der Waals surface area (Å²) in [6, 6.07) is -3.65. The van der Waals surface area contributed by atoms with Gasteiger partial charge in [0, 0.05) is 33.0 Å². The van der Waals surface area contributed by atoms with Gasteiger partial charge in [-0.1, -0.05) is 0 Å². The third-order valence-electron chi connectivity index (χ3n) is 7.89. The molecule has 0 aromatic carbocycles. The van der Waals surface area contributed by atoms with Gasteiger partial charge in [0.15, 0.2) is 0 Å². The van der Waals surface area contributed by atoms with Crippen LogP contribution in [0.3, 0.4) is 0 Å². The van der Waals surface area contributed by atoms with Crippen molar-refractivity contribution in [3.8, 4) is 0 Å². The van der Waals surface area contributed by atoms with Gasteiger partial charge in [0.05, 0.1) is 45.9 Å². The molecule has 1 heterocycles. The first kappa shape index (κ1) is 49.6. The van der Waals surface area contributed by atoms with Crippen LogP contribution in [0.25, 0.3) is 0 Å². The highest BCUT2D eigenvalue weighted by molar-refractivity contribution is 5.95. The van der Waals surface area contributed by atoms with Gasteiger partial charge in [0.1, 0.15) is 24.7 Å². The molecule has 0 bridgehead atoms. The highest BCUT2D eigenvalue weighted by Crippen LogP contribution is 2.17. The number of nitrogens with zero attached hydrogens (tertiary/aromatic N) is 1. The maximum Gasteiger partial charge on any atom is 0.303 e. The first-order valence-corrected chi connectivity index (χ1v) is 17.9. The van der Waals surface area contributed by atoms with Crippen LogP contribution < -0.4 is 53.6 Å². The van der Waals surface area contributed by atoms with Gasteiger partial charge in [0.2, 0.25) is 59.1 Å². The Bertz CT molecular complexity index is 1530. The summed E-state index contributed by atoms with van der Waals surface area (Å²) in [6.07, 6.45) is -0.919. The maximum atomic E-state index is 12.7. The van der Waals surface area contributed by atoms with Crippen LogP contribution in [0.5, 0.6) is 0 Å². The van der Waals surface area contributed by atoms with Gasteiger partial charge in [-0.15, -0.1) is 0 Å². The van der Waals surface area contributed by atoms with Crippen molar-refractivity contribution in [3.63, 3.8) is 0 Å². The smallest absolute Gasteiger partial charge is 0.303 e. The number of nitrogens with two attached hydrogens (primary N) is 1. The summed E-state index contributed by atoms with van der Waals surface area (Å²) >= 11 is 0. The van der Waals surface area contributed by atoms with Crippen molar-refractivity contribution in [1.82, 2.24) is 52.8 Å². The number of carboxylic acids is 2. The standard InChI is InChI=1S/C32H51N11O15/c1-34-22(45)12-36-24(47)13-37-25(48)15-40-32(57)20-3-2-9-43(20)27(50)17-58-10-8-35-23(46)14-38-31(56)19(5-7-29(53)54)42-26(49)16-39-30(55)18(4-6-28(51)52)41-21(44)11-33/h18-20H,2-17,33H2,1H3,(H,34,45)(H,35,46)(H,36,47)(H,37,48)(H,38,56)(H,39,55)(H,40,57)(H,41,44)(H,42,49)(H,51,52)(H,53,54)/t18-,19-,20+/m1/s1. The van der Waals surface area contributed by atoms with E-state index in [-0.39, 0.29) is 32.7 Å². The van der Waals surface area contributed by atoms with Gasteiger partial charge in [-0.3, -0.25) is 57.5 Å². The van der Waals surface area contributed by atoms with Gasteiger partial charge < -0.3 is 73.4 Å². The fourth-order valence-corrected chi connectivity index (χ4v) is 4.91. The van der Waals surface area contributed by atoms with E-state index in [1.807, 2.05) is 0 Å². The average Bonchev–Trinajstić information content (AvgIpc) is 3.69. The lowest BCUT2D eigenvalue weighted by Crippen LogP contribution is -2.53. The molecule has 0 aliphatic carbocycles. The molecule has 26 nitrogen and oxygen atoms in total. The van der Waals surface area contributed by atoms with E-state index in [4.69, 9.17) is 20.7 Å². The Morgan fingerprint density at radius 1 is 0.655 bits per heavy atom. The molecular weight excluding hydrogens is 778 g/mol. The Labute approximate surface area is 331 Å². The second kappa shape index (κ2) is 27.2. The van der Waals surface area contributed by atoms with Gasteiger partial charge in [-0.05, 0) is 25.7 Å². The van der Waals surface area contributed by atoms with Gasteiger partial charge >= 0.3 is 11.9 Å². The number of amides is 10. The summed E-state index contributed by atoms with van der Waals surface area (Å²) in [5.74, 6) is -9.64. The first-order valence-electron chi connectivity index (χ1n) is 17.9. The topological polar surface area (TPSA) is 392 Å². The van der Waals surface area contributed by atoms with Crippen LogP contribution in [0, 0.1) is 0 Å². The van der Waals surface area contributed by atoms with E-state index in [2.05, 4.69) is 47.9 Å². The fourth-order valence-electron chi connectivity index (χ4n) is 4.91. The highest BCUT2D eigenvalue weighted by atomic mass is 16.5. The van der Waals surface area contributed by atoms with Crippen molar-refractivity contribution in [2.45, 2.75) is 56.7 Å². The van der Waals surface area contributed by atoms with Crippen LogP contribution in [-0.2, 0) is 62.3 Å². The van der Waals surface area contributed by atoms with Crippen molar-refractivity contribution in [2.24, 2.45) is 5.73 Å². The number of hydrogen-bond donors (Lipinski definition) is 12. The second-order valence-electron chi connectivity index (χ2n) is 12.3. The number of aliphatic carboxylic acids is 2. The molecule has 13 N–H and O–H groups in total. The Hall–Kier alpha value is -6.44. The van der Waals surface area contributed by atoms with E-state index in [0.717, 1.165) is 0 Å². The second-order valence-corrected chi connectivity index (χ2v) is 12.3. The van der Waals surface area contributed by atoms with Crippen LogP contribution in [-0.4, -0.2) is 177 Å². The number of nitrogens with one attached hydrogen (secondary N) is 9. The largest absolute Gasteiger partial charge is 0.481 e. The number of rotatable bonds is 27. The molecule has 1 saturated heterocycles. The van der Waals surface area contributed by atoms with Crippen LogP contribution in [0.2, 0.25) is 0 Å². The lowest BCUT2D eigenvalue weighted by Gasteiger charge is -2.24. The molecule has 0 aromatic rings. The van der Waals surface area contributed by atoms with Crippen LogP contribution in [0.15, 0.2) is 0 Å². The summed E-state index contributed by atoms with van der Waals surface area (Å²) in [7, 11) is 1.39. The number of carbonyl (C=O) groups excluding carboxylic acids is 10. The van der Waals surface area contributed by atoms with Crippen molar-refractivity contribution < 1.29 is 72.5 Å². The average molecular weight is 830 g/mol. The molecule has 1 aliphatic rings. The number of likely N-dealkylation sites (N-methyl/N-ethyl adjacent to an activating group) is 1. The third-order valence-corrected chi connectivity index (χ3v) is 7.89. The van der Waals surface area contributed by atoms with E-state index in [9.17, 15) is 57.5 Å². The molecule has 0 aromatic heterocycles. The molecule has 0 unspecified atom stereocenters. The van der Waals surface area contributed by atoms with Crippen molar-refractivity contribution in [3.05, 3.63) is 0 Å². The van der Waals surface area contributed by atoms with E-state index in [1.54, 1.807) is 0 Å². The van der Waals surface area contributed by atoms with Crippen LogP contribution >= 0.6 is 0 Å². The number of likely N-dealkylation sites (tertiary alicyclic amines) is 1. The summed E-state index contributed by atoms with van der Waals surface area (Å²) in [6.45, 7) is -3.44. The lowest BCUT2D eigenvalue weighted by molar-refractivity contribution is -0.142. The Morgan fingerprint density at radius 2 is 1.14 bits per heavy atom. The monoisotopic (exact) mass is 829 g/mol. The molecule has 0 radical (unpaired) electrons. The van der Waals surface area contributed by atoms with E-state index in [1.165, 1.54) is 11.9 Å². The molecule has 324 valence electrons. The SMILES string of the molecule is CNC(=O)CNC(=O)CNC(=O)CNC(=O)[C@@H]1CCCN1C(=O)COCCNC(=O)CNC(=O)[C@@H](CCC(=O)O)NC(=O)CNC(=O)[C@@H](CCC(=O)O)NC(=O)CN. The van der Waals surface area contributed by atoms with E-state index in [0.29, 0.717) is 12.8 Å². The Kier molecular flexibility index (Phi) is 23.3. The first-order chi connectivity index (χ1) is 27.5. The summed E-state index contributed by atoms with van der Waals surface area (Å²) < 4.78 is 5.31. The predicted octanol–water partition coefficient (Wildman–Crippen LogP) is -7.90. The fraction of sp³-hybridized carbons (Fsp3) is 0.625. The van der Waals surface area contributed by atoms with Crippen LogP contribution in [0.4, 0.5) is 0 Å². The molecule has 3 atom stereocenters. The zero-order valence-electron chi connectivity index (χ0n) is 31.8. The molecule has 0 spiro atoms. The van der Waals surface area contributed by atoms with Gasteiger partial charge in [-0.2, -0.15) is 0 Å². The summed E-state index contributed by atoms with van der Waals surface area (Å²) in [5.41, 5.74) is 5.21. The number of carboxylic acid groups (broad SMARTS) is 2. The maximum absolute atomic E-state index is 12.7. The van der Waals surface area contributed by atoms with Gasteiger partial charge in [-0.25, -0.2) is 0 Å². The Morgan fingerprint density at radius 3 is 1.67 bits per heavy atom. The minimum Gasteiger partial charge on any atom is -0.481 e. The van der Waals surface area contributed by atoms with Crippen molar-refractivity contribution in [2.75, 3.05) is 72.6 Å². The lowest BCUT2D eigenvalue weighted by atomic mass is 10.1. The highest BCUT2D eigenvalue weighted by Gasteiger charge is 2.34. The quantitative estimate of drug-likeness (QED) is 0.0342. The summed E-state index contributed by atoms with van der Waals surface area (Å²) in [4.78, 5) is 145. The van der Waals surface area contributed by atoms with Crippen molar-refractivity contribution in [1.29, 1.82) is 0 Å². The zero-order valence-corrected chi connectivity index (χ0v) is 31.8. The molecule has 58 heavy (non-hydrogen) atoms. The minimum atomic E-state index is -1.45.